The predicted molar refractivity (Wildman–Crippen MR) is 389 cm³/mol. The molecule has 7 aromatic carbocycles. The van der Waals surface area contributed by atoms with Gasteiger partial charge in [-0.05, 0) is 264 Å². The van der Waals surface area contributed by atoms with Gasteiger partial charge in [-0.1, -0.05) is 206 Å². The lowest BCUT2D eigenvalue weighted by molar-refractivity contribution is 0.195. The van der Waals surface area contributed by atoms with Gasteiger partial charge in [-0.3, -0.25) is 0 Å². The van der Waals surface area contributed by atoms with Gasteiger partial charge in [0.2, 0.25) is 0 Å². The van der Waals surface area contributed by atoms with Gasteiger partial charge in [0.1, 0.15) is 0 Å². The van der Waals surface area contributed by atoms with Crippen LogP contribution in [0.15, 0.2) is 115 Å². The molecule has 7 aromatic rings. The lowest BCUT2D eigenvalue weighted by Gasteiger charge is -2.52. The fourth-order valence-corrected chi connectivity index (χ4v) is 19.7. The van der Waals surface area contributed by atoms with Crippen LogP contribution in [0.1, 0.15) is 278 Å². The average molecular weight is 1190 g/mol. The second kappa shape index (κ2) is 18.9. The van der Waals surface area contributed by atoms with Crippen molar-refractivity contribution in [1.29, 1.82) is 0 Å². The molecule has 0 spiro atoms. The molecule has 3 heterocycles. The molecule has 5 aliphatic carbocycles. The molecule has 4 heteroatoms. The van der Waals surface area contributed by atoms with Crippen molar-refractivity contribution in [2.75, 3.05) is 14.7 Å². The van der Waals surface area contributed by atoms with Crippen molar-refractivity contribution in [2.24, 2.45) is 0 Å². The second-order valence-corrected chi connectivity index (χ2v) is 37.2. The van der Waals surface area contributed by atoms with Crippen LogP contribution in [-0.4, -0.2) is 12.3 Å². The molecule has 3 nitrogen and oxygen atoms in total. The summed E-state index contributed by atoms with van der Waals surface area (Å²) in [7, 11) is 0. The Labute approximate surface area is 544 Å². The third-order valence-electron chi connectivity index (χ3n) is 26.6. The minimum Gasteiger partial charge on any atom is -0.334 e. The Morgan fingerprint density at radius 1 is 0.311 bits per heavy atom. The molecular formula is C86H106BN3. The molecular weight excluding hydrogens is 1090 g/mol. The predicted octanol–water partition coefficient (Wildman–Crippen LogP) is 21.9. The summed E-state index contributed by atoms with van der Waals surface area (Å²) in [4.78, 5) is 8.58. The molecule has 0 radical (unpaired) electrons. The van der Waals surface area contributed by atoms with Crippen LogP contribution in [0.4, 0.5) is 45.5 Å². The molecule has 2 unspecified atom stereocenters. The molecule has 8 aliphatic rings. The van der Waals surface area contributed by atoms with Crippen LogP contribution in [-0.2, 0) is 54.1 Å². The van der Waals surface area contributed by atoms with Gasteiger partial charge in [0, 0.05) is 50.9 Å². The summed E-state index contributed by atoms with van der Waals surface area (Å²) in [5.41, 5.74) is 32.8. The van der Waals surface area contributed by atoms with Gasteiger partial charge in [-0.15, -0.1) is 0 Å². The minimum absolute atomic E-state index is 0.00606. The largest absolute Gasteiger partial charge is 0.334 e. The summed E-state index contributed by atoms with van der Waals surface area (Å²) in [6.07, 6.45) is 14.2. The van der Waals surface area contributed by atoms with Crippen molar-refractivity contribution in [1.82, 2.24) is 0 Å². The minimum atomic E-state index is -0.191. The highest BCUT2D eigenvalue weighted by atomic mass is 15.3. The molecule has 0 bridgehead atoms. The Balaban J connectivity index is 1.08. The zero-order chi connectivity index (χ0) is 64.0. The SMILES string of the molecule is CC(C)(C)c1ccc(-c2ccc3c(c2)C2(C)CCCCC2(C)N3c2cc3c4c(c2)N(c2ccc5c(c2)C(C)(C)CCC5(C)C)c2cc5c(cc2B4c2cc4c(cc2N3c2ccc3c(c2)C(C)(C)CCC3(C)C)C(C)(C)CCC4(C)C)C(C)(C)CCC5(C)C)cc1. The van der Waals surface area contributed by atoms with E-state index in [9.17, 15) is 0 Å². The van der Waals surface area contributed by atoms with E-state index >= 15 is 0 Å². The molecule has 90 heavy (non-hydrogen) atoms. The first-order valence-electron chi connectivity index (χ1n) is 35.4. The van der Waals surface area contributed by atoms with Gasteiger partial charge in [-0.25, -0.2) is 0 Å². The van der Waals surface area contributed by atoms with Crippen molar-refractivity contribution < 1.29 is 0 Å². The molecule has 0 amide bonds. The number of hydrogen-bond donors (Lipinski definition) is 0. The molecule has 0 aromatic heterocycles. The van der Waals surface area contributed by atoms with E-state index in [1.807, 2.05) is 0 Å². The van der Waals surface area contributed by atoms with Gasteiger partial charge in [0.05, 0.1) is 5.54 Å². The number of benzene rings is 7. The van der Waals surface area contributed by atoms with Crippen LogP contribution in [0.5, 0.6) is 0 Å². The lowest BCUT2D eigenvalue weighted by atomic mass is 9.32. The fraction of sp³-hybridized carbons (Fsp3) is 0.512. The van der Waals surface area contributed by atoms with Crippen molar-refractivity contribution in [3.8, 4) is 11.1 Å². The first-order chi connectivity index (χ1) is 41.9. The fourth-order valence-electron chi connectivity index (χ4n) is 19.7. The summed E-state index contributed by atoms with van der Waals surface area (Å²) >= 11 is 0. The van der Waals surface area contributed by atoms with E-state index in [1.54, 1.807) is 0 Å². The Morgan fingerprint density at radius 3 is 1.11 bits per heavy atom. The van der Waals surface area contributed by atoms with Gasteiger partial charge in [-0.2, -0.15) is 0 Å². The van der Waals surface area contributed by atoms with Crippen LogP contribution in [0.25, 0.3) is 11.1 Å². The first-order valence-corrected chi connectivity index (χ1v) is 35.4. The van der Waals surface area contributed by atoms with Crippen LogP contribution in [0, 0.1) is 0 Å². The Kier molecular flexibility index (Phi) is 12.6. The van der Waals surface area contributed by atoms with E-state index < -0.39 is 0 Å². The number of rotatable bonds is 4. The molecule has 1 fully saturated rings. The summed E-state index contributed by atoms with van der Waals surface area (Å²) in [5.74, 6) is 0. The third-order valence-corrected chi connectivity index (χ3v) is 26.6. The van der Waals surface area contributed by atoms with Crippen LogP contribution < -0.4 is 31.1 Å². The molecule has 3 aliphatic heterocycles. The van der Waals surface area contributed by atoms with E-state index in [-0.39, 0.29) is 66.4 Å². The summed E-state index contributed by atoms with van der Waals surface area (Å²) < 4.78 is 0. The first kappa shape index (κ1) is 60.3. The number of hydrogen-bond acceptors (Lipinski definition) is 3. The van der Waals surface area contributed by atoms with Gasteiger partial charge in [0.25, 0.3) is 6.71 Å². The molecule has 0 saturated heterocycles. The topological polar surface area (TPSA) is 9.72 Å². The third kappa shape index (κ3) is 8.54. The van der Waals surface area contributed by atoms with E-state index in [1.165, 1.54) is 193 Å². The van der Waals surface area contributed by atoms with E-state index in [4.69, 9.17) is 0 Å². The van der Waals surface area contributed by atoms with Crippen molar-refractivity contribution in [3.05, 3.63) is 171 Å². The molecule has 2 atom stereocenters. The number of fused-ring (bicyclic) bond motifs is 11. The maximum atomic E-state index is 2.91. The highest BCUT2D eigenvalue weighted by molar-refractivity contribution is 7.00. The monoisotopic (exact) mass is 1190 g/mol. The standard InChI is InChI=1S/C86H106BN3/c1-76(2,3)55-27-24-53(25-28-55)54-26-33-70-67(44-54)85(20)34-22-23-35-86(85,21)90(70)58-47-73-75-74(48-58)89(57-30-32-60-62(46-57)80(10,11)39-37-78(60,6)7)72-52-66-64(82(14,15)41-43-84(66,18)19)50-69(72)87(75)68-49-63-65(83(16,17)42-40-81(63,12)13)51-71(68)88(73)56-29-31-59-61(45-56)79(8,9)38-36-77(59,4)5/h24-33,44-52H,22-23,34-43H2,1-21H3. The zero-order valence-corrected chi connectivity index (χ0v) is 59.4. The quantitative estimate of drug-likeness (QED) is 0.163. The lowest BCUT2D eigenvalue weighted by Crippen LogP contribution is -2.62. The molecule has 1 saturated carbocycles. The van der Waals surface area contributed by atoms with Gasteiger partial charge < -0.3 is 14.7 Å². The van der Waals surface area contributed by atoms with Gasteiger partial charge >= 0.3 is 0 Å². The summed E-state index contributed by atoms with van der Waals surface area (Å²) in [6, 6.07) is 49.2. The zero-order valence-electron chi connectivity index (χ0n) is 59.4. The highest BCUT2D eigenvalue weighted by Gasteiger charge is 2.59. The average Bonchev–Trinajstić information content (AvgIpc) is 1.17. The van der Waals surface area contributed by atoms with Gasteiger partial charge in [0.15, 0.2) is 0 Å². The second-order valence-electron chi connectivity index (χ2n) is 37.2. The van der Waals surface area contributed by atoms with Crippen molar-refractivity contribution in [2.45, 2.75) is 282 Å². The van der Waals surface area contributed by atoms with E-state index in [0.717, 1.165) is 12.8 Å². The molecule has 0 N–H and O–H groups in total. The summed E-state index contributed by atoms with van der Waals surface area (Å²) in [5, 5.41) is 0. The van der Waals surface area contributed by atoms with Crippen LogP contribution >= 0.6 is 0 Å². The van der Waals surface area contributed by atoms with Crippen molar-refractivity contribution >= 4 is 68.6 Å². The maximum Gasteiger partial charge on any atom is 0.252 e. The Morgan fingerprint density at radius 2 is 0.689 bits per heavy atom. The highest BCUT2D eigenvalue weighted by Crippen LogP contribution is 2.63. The Hall–Kier alpha value is -6.00. The number of nitrogens with zero attached hydrogens (tertiary/aromatic N) is 3. The molecule has 468 valence electrons. The van der Waals surface area contributed by atoms with Crippen molar-refractivity contribution in [3.63, 3.8) is 0 Å². The number of anilines is 8. The summed E-state index contributed by atoms with van der Waals surface area (Å²) in [6.45, 7) is 52.7. The van der Waals surface area contributed by atoms with E-state index in [2.05, 4.69) is 275 Å². The van der Waals surface area contributed by atoms with Crippen LogP contribution in [0.2, 0.25) is 0 Å². The maximum absolute atomic E-state index is 2.91. The molecule has 15 rings (SSSR count). The van der Waals surface area contributed by atoms with Crippen LogP contribution in [0.3, 0.4) is 0 Å². The Bertz CT molecular complexity index is 3990. The smallest absolute Gasteiger partial charge is 0.252 e. The van der Waals surface area contributed by atoms with E-state index in [0.29, 0.717) is 0 Å². The normalized spacial score (nSPS) is 25.1.